The van der Waals surface area contributed by atoms with E-state index in [2.05, 4.69) is 47.0 Å². The van der Waals surface area contributed by atoms with E-state index >= 15 is 0 Å². The molecule has 0 unspecified atom stereocenters. The number of benzene rings is 1. The van der Waals surface area contributed by atoms with E-state index in [9.17, 15) is 34.5 Å². The van der Waals surface area contributed by atoms with Crippen molar-refractivity contribution < 1.29 is 44.8 Å². The van der Waals surface area contributed by atoms with E-state index in [-0.39, 0.29) is 0 Å². The smallest absolute Gasteiger partial charge is 0.418 e. The van der Waals surface area contributed by atoms with Gasteiger partial charge in [-0.25, -0.2) is 0 Å². The largest absolute Gasteiger partial charge is 0.673 e. The van der Waals surface area contributed by atoms with Gasteiger partial charge >= 0.3 is 14.5 Å². The molecule has 0 amide bonds. The fourth-order valence-corrected chi connectivity index (χ4v) is 1.64. The molecule has 1 aromatic heterocycles. The molecule has 12 heteroatoms. The summed E-state index contributed by atoms with van der Waals surface area (Å²) in [5, 5.41) is 0. The molecular formula is C13H16B2F8N2. The van der Waals surface area contributed by atoms with Gasteiger partial charge in [0.15, 0.2) is 18.4 Å². The molecule has 0 spiro atoms. The second-order valence-corrected chi connectivity index (χ2v) is 4.67. The maximum Gasteiger partial charge on any atom is 0.673 e. The topological polar surface area (TPSA) is 31.5 Å². The van der Waals surface area contributed by atoms with Crippen molar-refractivity contribution in [2.24, 2.45) is 0 Å². The van der Waals surface area contributed by atoms with Gasteiger partial charge in [0, 0.05) is 17.7 Å². The highest BCUT2D eigenvalue weighted by Gasteiger charge is 2.21. The third-order valence-electron chi connectivity index (χ3n) is 2.48. The second-order valence-electron chi connectivity index (χ2n) is 4.67. The molecule has 0 bridgehead atoms. The summed E-state index contributed by atoms with van der Waals surface area (Å²) in [5.74, 6) is 0. The minimum Gasteiger partial charge on any atom is -0.418 e. The Morgan fingerprint density at radius 2 is 1.08 bits per heavy atom. The maximum atomic E-state index is 9.75. The number of rotatable bonds is 3. The van der Waals surface area contributed by atoms with Crippen LogP contribution in [0.1, 0.15) is 11.6 Å². The summed E-state index contributed by atoms with van der Waals surface area (Å²) in [5.41, 5.74) is 5.47. The van der Waals surface area contributed by atoms with E-state index in [1.54, 1.807) is 0 Å². The number of hydrogen-bond donors (Lipinski definition) is 1. The predicted molar refractivity (Wildman–Crippen MR) is 79.1 cm³/mol. The first-order valence-electron chi connectivity index (χ1n) is 6.93. The first-order chi connectivity index (χ1) is 11.4. The van der Waals surface area contributed by atoms with Gasteiger partial charge in [-0.1, -0.05) is 36.4 Å². The van der Waals surface area contributed by atoms with Crippen LogP contribution in [-0.4, -0.2) is 14.5 Å². The highest BCUT2D eigenvalue weighted by Crippen LogP contribution is 2.07. The molecule has 2 aromatic rings. The molecule has 0 fully saturated rings. The van der Waals surface area contributed by atoms with Gasteiger partial charge in [-0.05, 0) is 0 Å². The zero-order chi connectivity index (χ0) is 19.5. The first-order valence-corrected chi connectivity index (χ1v) is 6.93. The Morgan fingerprint density at radius 1 is 0.720 bits per heavy atom. The number of pyridine rings is 1. The summed E-state index contributed by atoms with van der Waals surface area (Å²) in [7, 11) is -12.0. The lowest BCUT2D eigenvalue weighted by Crippen LogP contribution is -2.59. The summed E-state index contributed by atoms with van der Waals surface area (Å²) in [6, 6.07) is 16.8. The molecule has 140 valence electrons. The summed E-state index contributed by atoms with van der Waals surface area (Å²) in [6.45, 7) is 0.921. The van der Waals surface area contributed by atoms with Crippen molar-refractivity contribution in [3.63, 3.8) is 0 Å². The minimum absolute atomic E-state index is 0.304. The van der Waals surface area contributed by atoms with E-state index < -0.39 is 14.5 Å². The van der Waals surface area contributed by atoms with Crippen LogP contribution in [0.4, 0.5) is 34.5 Å². The normalized spacial score (nSPS) is 12.2. The monoisotopic (exact) mass is 374 g/mol. The standard InChI is InChI=1S/C13H15N2.2BF4/c14-13(12-7-3-1-4-8-12)11-15-9-5-2-6-10-15;2*2-1(3,4)5/h1-10,13H,11,14H2;;/q+1;2*-1/p+1/t13-;;/m1../s1. The van der Waals surface area contributed by atoms with Gasteiger partial charge in [0.05, 0.1) is 0 Å². The second kappa shape index (κ2) is 10.7. The van der Waals surface area contributed by atoms with Gasteiger partial charge in [0.1, 0.15) is 0 Å². The van der Waals surface area contributed by atoms with Crippen LogP contribution in [-0.2, 0) is 6.54 Å². The Bertz CT molecular complexity index is 554. The molecule has 1 heterocycles. The molecule has 0 saturated heterocycles. The fraction of sp³-hybridized carbons (Fsp3) is 0.154. The number of halogens is 8. The van der Waals surface area contributed by atoms with Crippen molar-refractivity contribution in [3.05, 3.63) is 66.5 Å². The molecule has 1 aromatic carbocycles. The van der Waals surface area contributed by atoms with Crippen LogP contribution in [0, 0.1) is 0 Å². The van der Waals surface area contributed by atoms with Gasteiger partial charge < -0.3 is 40.3 Å². The average Bonchev–Trinajstić information content (AvgIpc) is 2.46. The summed E-state index contributed by atoms with van der Waals surface area (Å²) < 4.78 is 80.2. The summed E-state index contributed by atoms with van der Waals surface area (Å²) >= 11 is 0. The fourth-order valence-electron chi connectivity index (χ4n) is 1.64. The lowest BCUT2D eigenvalue weighted by molar-refractivity contribution is -0.724. The van der Waals surface area contributed by atoms with Crippen molar-refractivity contribution >= 4 is 14.5 Å². The van der Waals surface area contributed by atoms with E-state index in [0.29, 0.717) is 6.04 Å². The number of aromatic nitrogens is 1. The number of nitrogens with zero attached hydrogens (tertiary/aromatic N) is 1. The van der Waals surface area contributed by atoms with Crippen molar-refractivity contribution in [1.29, 1.82) is 0 Å². The third-order valence-corrected chi connectivity index (χ3v) is 2.48. The molecule has 1 atom stereocenters. The highest BCUT2D eigenvalue weighted by molar-refractivity contribution is 6.50. The van der Waals surface area contributed by atoms with Crippen LogP contribution in [0.3, 0.4) is 0 Å². The van der Waals surface area contributed by atoms with E-state index in [1.165, 1.54) is 5.56 Å². The maximum absolute atomic E-state index is 9.75. The van der Waals surface area contributed by atoms with Crippen LogP contribution in [0.15, 0.2) is 60.9 Å². The molecule has 0 aliphatic rings. The summed E-state index contributed by atoms with van der Waals surface area (Å²) in [4.78, 5) is 0. The summed E-state index contributed by atoms with van der Waals surface area (Å²) in [6.07, 6.45) is 4.14. The SMILES string of the molecule is F[B-](F)(F)F.F[B-](F)(F)F.[NH3+][C@H](C[n+]1ccccc1)c1ccccc1. The molecule has 0 aliphatic carbocycles. The van der Waals surface area contributed by atoms with Crippen LogP contribution in [0.25, 0.3) is 0 Å². The van der Waals surface area contributed by atoms with E-state index in [1.807, 2.05) is 24.3 Å². The predicted octanol–water partition coefficient (Wildman–Crippen LogP) is 3.56. The Labute approximate surface area is 139 Å². The Hall–Kier alpha value is -2.10. The zero-order valence-electron chi connectivity index (χ0n) is 12.9. The lowest BCUT2D eigenvalue weighted by Gasteiger charge is -2.04. The molecular weight excluding hydrogens is 358 g/mol. The quantitative estimate of drug-likeness (QED) is 0.484. The van der Waals surface area contributed by atoms with Crippen LogP contribution in [0.5, 0.6) is 0 Å². The minimum atomic E-state index is -6.00. The van der Waals surface area contributed by atoms with E-state index in [4.69, 9.17) is 0 Å². The molecule has 2 rings (SSSR count). The molecule has 0 radical (unpaired) electrons. The number of quaternary nitrogens is 1. The van der Waals surface area contributed by atoms with Gasteiger partial charge in [-0.15, -0.1) is 0 Å². The van der Waals surface area contributed by atoms with Crippen molar-refractivity contribution in [2.75, 3.05) is 0 Å². The molecule has 0 saturated carbocycles. The van der Waals surface area contributed by atoms with Gasteiger partial charge in [0.25, 0.3) is 0 Å². The lowest BCUT2D eigenvalue weighted by atomic mass is 10.1. The van der Waals surface area contributed by atoms with Gasteiger partial charge in [-0.3, -0.25) is 0 Å². The average molecular weight is 374 g/mol. The van der Waals surface area contributed by atoms with Crippen molar-refractivity contribution in [1.82, 2.24) is 0 Å². The van der Waals surface area contributed by atoms with Crippen LogP contribution >= 0.6 is 0 Å². The van der Waals surface area contributed by atoms with Crippen LogP contribution in [0.2, 0.25) is 0 Å². The zero-order valence-corrected chi connectivity index (χ0v) is 12.9. The van der Waals surface area contributed by atoms with Crippen molar-refractivity contribution in [3.8, 4) is 0 Å². The third kappa shape index (κ3) is 18.1. The molecule has 3 N–H and O–H groups in total. The van der Waals surface area contributed by atoms with Gasteiger partial charge in [-0.2, -0.15) is 4.57 Å². The van der Waals surface area contributed by atoms with E-state index in [0.717, 1.165) is 6.54 Å². The van der Waals surface area contributed by atoms with Crippen molar-refractivity contribution in [2.45, 2.75) is 12.6 Å². The van der Waals surface area contributed by atoms with Gasteiger partial charge in [0.2, 0.25) is 6.54 Å². The molecule has 25 heavy (non-hydrogen) atoms. The first kappa shape index (κ1) is 22.9. The molecule has 2 nitrogen and oxygen atoms in total. The Morgan fingerprint density at radius 3 is 1.48 bits per heavy atom. The number of hydrogen-bond acceptors (Lipinski definition) is 0. The highest BCUT2D eigenvalue weighted by atomic mass is 19.5. The molecule has 0 aliphatic heterocycles. The Kier molecular flexibility index (Phi) is 9.80. The van der Waals surface area contributed by atoms with Crippen LogP contribution < -0.4 is 10.3 Å². The Balaban J connectivity index is 0.000000480.